The first-order valence-electron chi connectivity index (χ1n) is 8.11. The Morgan fingerprint density at radius 1 is 1.29 bits per heavy atom. The molecule has 1 aromatic carbocycles. The molecule has 0 amide bonds. The third kappa shape index (κ3) is 2.85. The first-order valence-corrected chi connectivity index (χ1v) is 8.99. The highest BCUT2D eigenvalue weighted by Gasteiger charge is 2.19. The number of rotatable bonds is 5. The van der Waals surface area contributed by atoms with Crippen molar-refractivity contribution in [3.63, 3.8) is 0 Å². The summed E-state index contributed by atoms with van der Waals surface area (Å²) in [5.74, 6) is 1.47. The molecule has 124 valence electrons. The SMILES string of the molecule is COc1cccc2c(OCC3CCCO3)ncc(-c3cccs3)c12. The maximum Gasteiger partial charge on any atom is 0.221 e. The van der Waals surface area contributed by atoms with Crippen molar-refractivity contribution in [1.82, 2.24) is 4.98 Å². The molecule has 24 heavy (non-hydrogen) atoms. The first-order chi connectivity index (χ1) is 11.9. The van der Waals surface area contributed by atoms with Crippen LogP contribution in [0.2, 0.25) is 0 Å². The van der Waals surface area contributed by atoms with Crippen LogP contribution in [-0.2, 0) is 4.74 Å². The van der Waals surface area contributed by atoms with Gasteiger partial charge in [-0.25, -0.2) is 4.98 Å². The summed E-state index contributed by atoms with van der Waals surface area (Å²) in [5.41, 5.74) is 1.07. The van der Waals surface area contributed by atoms with Crippen molar-refractivity contribution in [1.29, 1.82) is 0 Å². The summed E-state index contributed by atoms with van der Waals surface area (Å²) >= 11 is 1.69. The molecule has 4 nitrogen and oxygen atoms in total. The molecule has 0 radical (unpaired) electrons. The molecule has 1 atom stereocenters. The Kier molecular flexibility index (Phi) is 4.36. The molecule has 0 N–H and O–H groups in total. The van der Waals surface area contributed by atoms with E-state index in [1.807, 2.05) is 30.5 Å². The number of thiophene rings is 1. The van der Waals surface area contributed by atoms with Gasteiger partial charge in [0, 0.05) is 34.0 Å². The Labute approximate surface area is 145 Å². The molecular formula is C19H19NO3S. The number of nitrogens with zero attached hydrogens (tertiary/aromatic N) is 1. The standard InChI is InChI=1S/C19H19NO3S/c1-21-16-7-2-6-14-18(16)15(17-8-4-10-24-17)11-20-19(14)23-12-13-5-3-9-22-13/h2,4,6-8,10-11,13H,3,5,9,12H2,1H3. The lowest BCUT2D eigenvalue weighted by Crippen LogP contribution is -2.16. The number of hydrogen-bond acceptors (Lipinski definition) is 5. The molecule has 1 saturated heterocycles. The summed E-state index contributed by atoms with van der Waals surface area (Å²) in [5, 5.41) is 4.08. The summed E-state index contributed by atoms with van der Waals surface area (Å²) in [6.07, 6.45) is 4.20. The van der Waals surface area contributed by atoms with Gasteiger partial charge < -0.3 is 14.2 Å². The summed E-state index contributed by atoms with van der Waals surface area (Å²) in [6, 6.07) is 10.1. The fourth-order valence-corrected chi connectivity index (χ4v) is 3.84. The maximum absolute atomic E-state index is 5.99. The van der Waals surface area contributed by atoms with Gasteiger partial charge in [-0.05, 0) is 36.4 Å². The molecule has 5 heteroatoms. The number of pyridine rings is 1. The van der Waals surface area contributed by atoms with E-state index in [-0.39, 0.29) is 6.10 Å². The Morgan fingerprint density at radius 3 is 3.00 bits per heavy atom. The average molecular weight is 341 g/mol. The van der Waals surface area contributed by atoms with E-state index in [4.69, 9.17) is 14.2 Å². The van der Waals surface area contributed by atoms with E-state index in [2.05, 4.69) is 16.4 Å². The van der Waals surface area contributed by atoms with Crippen LogP contribution < -0.4 is 9.47 Å². The molecule has 3 aromatic rings. The molecule has 1 fully saturated rings. The fourth-order valence-electron chi connectivity index (χ4n) is 3.10. The van der Waals surface area contributed by atoms with E-state index < -0.39 is 0 Å². The number of ether oxygens (including phenoxy) is 3. The molecule has 4 rings (SSSR count). The Hall–Kier alpha value is -2.11. The molecule has 0 saturated carbocycles. The zero-order valence-corrected chi connectivity index (χ0v) is 14.3. The second-order valence-electron chi connectivity index (χ2n) is 5.78. The molecule has 2 aromatic heterocycles. The average Bonchev–Trinajstić information content (AvgIpc) is 3.32. The van der Waals surface area contributed by atoms with Crippen molar-refractivity contribution < 1.29 is 14.2 Å². The molecule has 0 bridgehead atoms. The topological polar surface area (TPSA) is 40.6 Å². The minimum absolute atomic E-state index is 0.171. The van der Waals surface area contributed by atoms with Crippen LogP contribution in [0.5, 0.6) is 11.6 Å². The van der Waals surface area contributed by atoms with E-state index in [9.17, 15) is 0 Å². The molecular weight excluding hydrogens is 322 g/mol. The second-order valence-corrected chi connectivity index (χ2v) is 6.73. The van der Waals surface area contributed by atoms with Crippen LogP contribution in [-0.4, -0.2) is 31.4 Å². The Morgan fingerprint density at radius 2 is 2.25 bits per heavy atom. The van der Waals surface area contributed by atoms with Crippen LogP contribution in [0.25, 0.3) is 21.2 Å². The van der Waals surface area contributed by atoms with Crippen molar-refractivity contribution in [3.05, 3.63) is 41.9 Å². The van der Waals surface area contributed by atoms with Gasteiger partial charge in [0.15, 0.2) is 0 Å². The number of aromatic nitrogens is 1. The third-order valence-electron chi connectivity index (χ3n) is 4.27. The number of hydrogen-bond donors (Lipinski definition) is 0. The van der Waals surface area contributed by atoms with Gasteiger partial charge in [0.1, 0.15) is 12.4 Å². The van der Waals surface area contributed by atoms with E-state index in [1.165, 1.54) is 4.88 Å². The number of benzene rings is 1. The highest BCUT2D eigenvalue weighted by atomic mass is 32.1. The zero-order valence-electron chi connectivity index (χ0n) is 13.5. The molecule has 1 unspecified atom stereocenters. The lowest BCUT2D eigenvalue weighted by atomic mass is 10.1. The van der Waals surface area contributed by atoms with E-state index in [1.54, 1.807) is 18.4 Å². The minimum Gasteiger partial charge on any atom is -0.496 e. The van der Waals surface area contributed by atoms with Gasteiger partial charge in [0.25, 0.3) is 0 Å². The van der Waals surface area contributed by atoms with Crippen LogP contribution >= 0.6 is 11.3 Å². The maximum atomic E-state index is 5.99. The van der Waals surface area contributed by atoms with Gasteiger partial charge in [-0.2, -0.15) is 0 Å². The highest BCUT2D eigenvalue weighted by Crippen LogP contribution is 2.40. The highest BCUT2D eigenvalue weighted by molar-refractivity contribution is 7.13. The zero-order chi connectivity index (χ0) is 16.4. The van der Waals surface area contributed by atoms with Crippen molar-refractivity contribution >= 4 is 22.1 Å². The first kappa shape index (κ1) is 15.4. The lowest BCUT2D eigenvalue weighted by Gasteiger charge is -2.15. The van der Waals surface area contributed by atoms with Gasteiger partial charge in [-0.1, -0.05) is 12.1 Å². The molecule has 0 aliphatic carbocycles. The lowest BCUT2D eigenvalue weighted by molar-refractivity contribution is 0.0669. The minimum atomic E-state index is 0.171. The van der Waals surface area contributed by atoms with E-state index in [0.717, 1.165) is 41.5 Å². The van der Waals surface area contributed by atoms with Gasteiger partial charge in [0.05, 0.1) is 13.2 Å². The predicted molar refractivity (Wildman–Crippen MR) is 96.1 cm³/mol. The van der Waals surface area contributed by atoms with Gasteiger partial charge in [-0.15, -0.1) is 11.3 Å². The summed E-state index contributed by atoms with van der Waals surface area (Å²) in [6.45, 7) is 1.37. The van der Waals surface area contributed by atoms with Crippen molar-refractivity contribution in [2.45, 2.75) is 18.9 Å². The van der Waals surface area contributed by atoms with Crippen LogP contribution in [0.4, 0.5) is 0 Å². The fraction of sp³-hybridized carbons (Fsp3) is 0.316. The molecule has 3 heterocycles. The predicted octanol–water partition coefficient (Wildman–Crippen LogP) is 4.53. The Bertz CT molecular complexity index is 826. The quantitative estimate of drug-likeness (QED) is 0.684. The number of fused-ring (bicyclic) bond motifs is 1. The normalized spacial score (nSPS) is 17.3. The van der Waals surface area contributed by atoms with Gasteiger partial charge in [-0.3, -0.25) is 0 Å². The Balaban J connectivity index is 1.77. The molecule has 1 aliphatic rings. The number of methoxy groups -OCH3 is 1. The monoisotopic (exact) mass is 341 g/mol. The van der Waals surface area contributed by atoms with E-state index >= 15 is 0 Å². The second kappa shape index (κ2) is 6.79. The summed E-state index contributed by atoms with van der Waals surface area (Å²) in [4.78, 5) is 5.74. The molecule has 0 spiro atoms. The van der Waals surface area contributed by atoms with Crippen LogP contribution in [0.15, 0.2) is 41.9 Å². The summed E-state index contributed by atoms with van der Waals surface area (Å²) in [7, 11) is 1.69. The van der Waals surface area contributed by atoms with Crippen LogP contribution in [0.3, 0.4) is 0 Å². The van der Waals surface area contributed by atoms with Crippen molar-refractivity contribution in [2.24, 2.45) is 0 Å². The van der Waals surface area contributed by atoms with Crippen LogP contribution in [0.1, 0.15) is 12.8 Å². The molecule has 1 aliphatic heterocycles. The van der Waals surface area contributed by atoms with Gasteiger partial charge in [0.2, 0.25) is 5.88 Å². The van der Waals surface area contributed by atoms with Gasteiger partial charge >= 0.3 is 0 Å². The summed E-state index contributed by atoms with van der Waals surface area (Å²) < 4.78 is 17.2. The van der Waals surface area contributed by atoms with Crippen molar-refractivity contribution in [2.75, 3.05) is 20.3 Å². The van der Waals surface area contributed by atoms with E-state index in [0.29, 0.717) is 12.5 Å². The van der Waals surface area contributed by atoms with Crippen LogP contribution in [0, 0.1) is 0 Å². The third-order valence-corrected chi connectivity index (χ3v) is 5.18. The van der Waals surface area contributed by atoms with Crippen molar-refractivity contribution in [3.8, 4) is 22.1 Å². The smallest absolute Gasteiger partial charge is 0.221 e. The largest absolute Gasteiger partial charge is 0.496 e.